The minimum Gasteiger partial charge on any atom is -0.421 e. The van der Waals surface area contributed by atoms with E-state index in [-0.39, 0.29) is 22.7 Å². The first-order valence-electron chi connectivity index (χ1n) is 13.3. The zero-order valence-electron chi connectivity index (χ0n) is 21.8. The topological polar surface area (TPSA) is 111 Å². The highest BCUT2D eigenvalue weighted by molar-refractivity contribution is 5.83. The Balaban J connectivity index is 1.19. The molecule has 204 valence electrons. The molecule has 1 saturated heterocycles. The molecular formula is C28H27F2N9O. The fraction of sp³-hybridized carbons (Fsp3) is 0.286. The summed E-state index contributed by atoms with van der Waals surface area (Å²) < 4.78 is 35.9. The van der Waals surface area contributed by atoms with E-state index in [0.29, 0.717) is 42.2 Å². The van der Waals surface area contributed by atoms with Crippen LogP contribution in [0.2, 0.25) is 0 Å². The Labute approximate surface area is 228 Å². The Bertz CT molecular complexity index is 1670. The van der Waals surface area contributed by atoms with Crippen LogP contribution in [0.4, 0.5) is 31.9 Å². The van der Waals surface area contributed by atoms with Crippen LogP contribution < -0.4 is 19.9 Å². The highest BCUT2D eigenvalue weighted by Crippen LogP contribution is 2.40. The fourth-order valence-corrected chi connectivity index (χ4v) is 5.06. The molecule has 1 aromatic carbocycles. The second-order valence-corrected chi connectivity index (χ2v) is 10.2. The molecule has 5 heterocycles. The Kier molecular flexibility index (Phi) is 5.94. The summed E-state index contributed by atoms with van der Waals surface area (Å²) in [6.45, 7) is 4.65. The van der Waals surface area contributed by atoms with Gasteiger partial charge >= 0.3 is 6.01 Å². The zero-order valence-corrected chi connectivity index (χ0v) is 21.8. The number of aromatic amines is 2. The summed E-state index contributed by atoms with van der Waals surface area (Å²) in [5.74, 6) is 0.576. The van der Waals surface area contributed by atoms with Gasteiger partial charge in [-0.1, -0.05) is 0 Å². The van der Waals surface area contributed by atoms with E-state index in [1.165, 1.54) is 0 Å². The number of H-pyrrole nitrogens is 2. The zero-order chi connectivity index (χ0) is 27.2. The number of ether oxygens (including phenoxy) is 1. The van der Waals surface area contributed by atoms with E-state index >= 15 is 4.39 Å². The first-order chi connectivity index (χ1) is 19.5. The molecule has 2 fully saturated rings. The van der Waals surface area contributed by atoms with Gasteiger partial charge in [-0.05, 0) is 38.0 Å². The summed E-state index contributed by atoms with van der Waals surface area (Å²) in [5.41, 5.74) is 2.88. The maximum absolute atomic E-state index is 15.3. The summed E-state index contributed by atoms with van der Waals surface area (Å²) in [7, 11) is 0. The number of halogens is 2. The van der Waals surface area contributed by atoms with Crippen LogP contribution >= 0.6 is 0 Å². The van der Waals surface area contributed by atoms with Gasteiger partial charge in [0, 0.05) is 73.3 Å². The van der Waals surface area contributed by atoms with Gasteiger partial charge in [-0.25, -0.2) is 8.78 Å². The molecule has 0 spiro atoms. The van der Waals surface area contributed by atoms with Crippen molar-refractivity contribution in [3.05, 3.63) is 71.8 Å². The molecule has 1 aliphatic heterocycles. The summed E-state index contributed by atoms with van der Waals surface area (Å²) in [6.07, 6.45) is 5.91. The van der Waals surface area contributed by atoms with Crippen molar-refractivity contribution >= 4 is 34.0 Å². The number of pyridine rings is 1. The van der Waals surface area contributed by atoms with Gasteiger partial charge in [0.15, 0.2) is 23.2 Å². The Morgan fingerprint density at radius 2 is 1.82 bits per heavy atom. The van der Waals surface area contributed by atoms with Crippen LogP contribution in [0.25, 0.3) is 10.9 Å². The van der Waals surface area contributed by atoms with Gasteiger partial charge < -0.3 is 24.8 Å². The van der Waals surface area contributed by atoms with E-state index in [1.807, 2.05) is 30.5 Å². The predicted molar refractivity (Wildman–Crippen MR) is 148 cm³/mol. The predicted octanol–water partition coefficient (Wildman–Crippen LogP) is 5.40. The van der Waals surface area contributed by atoms with Gasteiger partial charge in [-0.3, -0.25) is 10.1 Å². The number of fused-ring (bicyclic) bond motifs is 1. The van der Waals surface area contributed by atoms with E-state index in [2.05, 4.69) is 45.2 Å². The highest BCUT2D eigenvalue weighted by atomic mass is 19.1. The van der Waals surface area contributed by atoms with E-state index in [4.69, 9.17) is 4.74 Å². The van der Waals surface area contributed by atoms with Gasteiger partial charge in [0.1, 0.15) is 11.6 Å². The van der Waals surface area contributed by atoms with Gasteiger partial charge in [-0.15, -0.1) is 0 Å². The molecule has 12 heteroatoms. The third-order valence-electron chi connectivity index (χ3n) is 7.28. The molecule has 1 aliphatic carbocycles. The van der Waals surface area contributed by atoms with Crippen molar-refractivity contribution in [2.24, 2.45) is 0 Å². The lowest BCUT2D eigenvalue weighted by molar-refractivity contribution is 0.410. The van der Waals surface area contributed by atoms with E-state index in [0.717, 1.165) is 43.4 Å². The molecule has 2 aliphatic rings. The molecule has 40 heavy (non-hydrogen) atoms. The standard InChI is InChI=1S/C28H27F2N9O/c1-16-11-19-26(30)22(12-20(29)27(19)32-16)40-28-34-23(33-24-13-21(36-37-24)17-4-5-17)14-25(35-28)39-9-7-38(8-10-39)18-3-2-6-31-15-18/h2-3,6,11-15,17,32H,4-5,7-10H2,1H3,(H2,33,34,35,36,37). The molecule has 4 aromatic heterocycles. The molecule has 0 bridgehead atoms. The van der Waals surface area contributed by atoms with Crippen LogP contribution in [0.1, 0.15) is 30.1 Å². The molecule has 10 nitrogen and oxygen atoms in total. The number of benzene rings is 1. The van der Waals surface area contributed by atoms with E-state index in [1.54, 1.807) is 19.2 Å². The van der Waals surface area contributed by atoms with Gasteiger partial charge in [-0.2, -0.15) is 15.1 Å². The lowest BCUT2D eigenvalue weighted by Gasteiger charge is -2.36. The Morgan fingerprint density at radius 1 is 1.00 bits per heavy atom. The van der Waals surface area contributed by atoms with Crippen molar-refractivity contribution in [2.75, 3.05) is 41.3 Å². The quantitative estimate of drug-likeness (QED) is 0.250. The van der Waals surface area contributed by atoms with Gasteiger partial charge in [0.05, 0.1) is 17.4 Å². The first kappa shape index (κ1) is 24.3. The summed E-state index contributed by atoms with van der Waals surface area (Å²) in [6, 6.07) is 10.2. The maximum Gasteiger partial charge on any atom is 0.326 e. The van der Waals surface area contributed by atoms with E-state index < -0.39 is 11.6 Å². The van der Waals surface area contributed by atoms with Crippen molar-refractivity contribution in [1.29, 1.82) is 0 Å². The van der Waals surface area contributed by atoms with Crippen molar-refractivity contribution < 1.29 is 13.5 Å². The van der Waals surface area contributed by atoms with Crippen molar-refractivity contribution in [1.82, 2.24) is 30.1 Å². The number of aromatic nitrogens is 6. The molecule has 5 aromatic rings. The summed E-state index contributed by atoms with van der Waals surface area (Å²) in [5, 5.41) is 10.8. The summed E-state index contributed by atoms with van der Waals surface area (Å²) in [4.78, 5) is 20.5. The highest BCUT2D eigenvalue weighted by Gasteiger charge is 2.26. The second-order valence-electron chi connectivity index (χ2n) is 10.2. The molecule has 7 rings (SSSR count). The third-order valence-corrected chi connectivity index (χ3v) is 7.28. The normalized spacial score (nSPS) is 15.6. The fourth-order valence-electron chi connectivity index (χ4n) is 5.06. The van der Waals surface area contributed by atoms with Crippen LogP contribution in [0.5, 0.6) is 11.8 Å². The van der Waals surface area contributed by atoms with E-state index in [9.17, 15) is 4.39 Å². The Morgan fingerprint density at radius 3 is 2.60 bits per heavy atom. The lowest BCUT2D eigenvalue weighted by atomic mass is 10.2. The molecule has 0 unspecified atom stereocenters. The molecule has 0 amide bonds. The van der Waals surface area contributed by atoms with Gasteiger partial charge in [0.2, 0.25) is 0 Å². The number of piperazine rings is 1. The number of hydrogen-bond acceptors (Lipinski definition) is 8. The SMILES string of the molecule is Cc1cc2c(F)c(Oc3nc(Nc4cc(C5CC5)[nH]n4)cc(N4CCN(c5cccnc5)CC4)n3)cc(F)c2[nH]1. The number of hydrogen-bond donors (Lipinski definition) is 3. The molecule has 0 radical (unpaired) electrons. The average molecular weight is 544 g/mol. The monoisotopic (exact) mass is 543 g/mol. The molecule has 3 N–H and O–H groups in total. The number of aryl methyl sites for hydroxylation is 1. The van der Waals surface area contributed by atoms with Crippen molar-refractivity contribution in [3.8, 4) is 11.8 Å². The molecule has 0 atom stereocenters. The van der Waals surface area contributed by atoms with Crippen LogP contribution in [-0.2, 0) is 0 Å². The first-order valence-corrected chi connectivity index (χ1v) is 13.3. The second kappa shape index (κ2) is 9.78. The van der Waals surface area contributed by atoms with Crippen LogP contribution in [0.15, 0.2) is 48.8 Å². The smallest absolute Gasteiger partial charge is 0.326 e. The van der Waals surface area contributed by atoms with Crippen LogP contribution in [0, 0.1) is 18.6 Å². The van der Waals surface area contributed by atoms with Crippen molar-refractivity contribution in [3.63, 3.8) is 0 Å². The molecule has 1 saturated carbocycles. The molecular weight excluding hydrogens is 516 g/mol. The number of rotatable bonds is 7. The third kappa shape index (κ3) is 4.76. The maximum atomic E-state index is 15.3. The van der Waals surface area contributed by atoms with Crippen LogP contribution in [0.3, 0.4) is 0 Å². The Hall–Kier alpha value is -4.74. The lowest BCUT2D eigenvalue weighted by Crippen LogP contribution is -2.46. The van der Waals surface area contributed by atoms with Crippen LogP contribution in [-0.4, -0.2) is 56.3 Å². The summed E-state index contributed by atoms with van der Waals surface area (Å²) >= 11 is 0. The minimum absolute atomic E-state index is 0.0934. The number of nitrogens with one attached hydrogen (secondary N) is 3. The van der Waals surface area contributed by atoms with Crippen molar-refractivity contribution in [2.45, 2.75) is 25.7 Å². The average Bonchev–Trinajstić information content (AvgIpc) is 3.58. The minimum atomic E-state index is -0.685. The number of nitrogens with zero attached hydrogens (tertiary/aromatic N) is 6. The van der Waals surface area contributed by atoms with Gasteiger partial charge in [0.25, 0.3) is 0 Å². The number of anilines is 4. The largest absolute Gasteiger partial charge is 0.421 e.